The highest BCUT2D eigenvalue weighted by molar-refractivity contribution is 5.76. The van der Waals surface area contributed by atoms with Crippen LogP contribution in [0.25, 0.3) is 0 Å². The number of hydrogen-bond acceptors (Lipinski definition) is 5. The molecule has 0 rings (SSSR count). The van der Waals surface area contributed by atoms with Gasteiger partial charge >= 0.3 is 5.97 Å². The maximum absolute atomic E-state index is 12.5. The smallest absolute Gasteiger partial charge is 0.305 e. The summed E-state index contributed by atoms with van der Waals surface area (Å²) in [5, 5.41) is 23.4. The lowest BCUT2D eigenvalue weighted by Crippen LogP contribution is -2.45. The quantitative estimate of drug-likeness (QED) is 0.0320. The van der Waals surface area contributed by atoms with Crippen molar-refractivity contribution < 1.29 is 24.5 Å². The molecule has 6 heteroatoms. The lowest BCUT2D eigenvalue weighted by atomic mass is 10.0. The zero-order chi connectivity index (χ0) is 62.8. The summed E-state index contributed by atoms with van der Waals surface area (Å²) in [5.74, 6) is -0.0163. The number of ether oxygens (including phenoxy) is 1. The van der Waals surface area contributed by atoms with E-state index in [1.165, 1.54) is 360 Å². The van der Waals surface area contributed by atoms with Gasteiger partial charge in [0.2, 0.25) is 5.91 Å². The van der Waals surface area contributed by atoms with E-state index in [1.807, 2.05) is 0 Å². The van der Waals surface area contributed by atoms with E-state index in [9.17, 15) is 19.8 Å². The predicted molar refractivity (Wildman–Crippen MR) is 384 cm³/mol. The molecule has 87 heavy (non-hydrogen) atoms. The summed E-state index contributed by atoms with van der Waals surface area (Å²) in [7, 11) is 0. The third kappa shape index (κ3) is 73.0. The fourth-order valence-electron chi connectivity index (χ4n) is 12.6. The third-order valence-corrected chi connectivity index (χ3v) is 18.7. The van der Waals surface area contributed by atoms with Gasteiger partial charge in [0.1, 0.15) is 0 Å². The van der Waals surface area contributed by atoms with E-state index in [2.05, 4.69) is 55.6 Å². The van der Waals surface area contributed by atoms with Crippen LogP contribution in [0.5, 0.6) is 0 Å². The molecule has 0 aliphatic carbocycles. The normalized spacial score (nSPS) is 12.6. The lowest BCUT2D eigenvalue weighted by molar-refractivity contribution is -0.143. The molecule has 2 unspecified atom stereocenters. The van der Waals surface area contributed by atoms with Gasteiger partial charge in [-0.25, -0.2) is 0 Å². The van der Waals surface area contributed by atoms with E-state index < -0.39 is 12.1 Å². The zero-order valence-electron chi connectivity index (χ0n) is 59.0. The summed E-state index contributed by atoms with van der Waals surface area (Å²) in [6.07, 6.45) is 99.5. The topological polar surface area (TPSA) is 95.9 Å². The molecule has 0 heterocycles. The van der Waals surface area contributed by atoms with Crippen LogP contribution in [-0.4, -0.2) is 47.4 Å². The van der Waals surface area contributed by atoms with Crippen molar-refractivity contribution in [2.45, 2.75) is 456 Å². The first-order valence-electron chi connectivity index (χ1n) is 39.7. The van der Waals surface area contributed by atoms with Gasteiger partial charge in [-0.3, -0.25) is 9.59 Å². The van der Waals surface area contributed by atoms with Crippen LogP contribution in [0.1, 0.15) is 444 Å². The molecule has 0 aromatic carbocycles. The standard InChI is InChI=1S/C81H155NO5/c1-3-5-7-9-11-13-15-17-19-42-45-49-53-57-61-65-69-73-79(84)78(77-83)82-80(85)74-70-66-62-58-54-50-46-43-40-38-36-34-32-30-28-26-24-22-21-23-25-27-29-31-33-35-37-39-41-44-48-52-56-60-64-68-72-76-87-81(86)75-71-67-63-59-55-51-47-20-18-16-14-12-10-8-6-4-2/h20-21,23,27,29,47,78-79,83-84H,3-19,22,24-26,28,30-46,48-77H2,1-2H3,(H,82,85)/b23-21-,29-27-,47-20-. The Kier molecular flexibility index (Phi) is 74.8. The summed E-state index contributed by atoms with van der Waals surface area (Å²) in [4.78, 5) is 24.6. The molecule has 1 amide bonds. The number of amides is 1. The molecule has 0 spiro atoms. The number of aliphatic hydroxyl groups is 2. The second kappa shape index (κ2) is 76.5. The van der Waals surface area contributed by atoms with Gasteiger partial charge in [-0.15, -0.1) is 0 Å². The second-order valence-electron chi connectivity index (χ2n) is 27.4. The third-order valence-electron chi connectivity index (χ3n) is 18.7. The number of hydrogen-bond donors (Lipinski definition) is 3. The molecule has 0 bridgehead atoms. The van der Waals surface area contributed by atoms with E-state index in [1.54, 1.807) is 0 Å². The largest absolute Gasteiger partial charge is 0.466 e. The van der Waals surface area contributed by atoms with Crippen LogP contribution in [0.2, 0.25) is 0 Å². The van der Waals surface area contributed by atoms with E-state index >= 15 is 0 Å². The molecule has 0 aromatic rings. The van der Waals surface area contributed by atoms with Crippen molar-refractivity contribution in [2.24, 2.45) is 0 Å². The number of aliphatic hydroxyl groups excluding tert-OH is 2. The second-order valence-corrected chi connectivity index (χ2v) is 27.4. The molecule has 2 atom stereocenters. The number of allylic oxidation sites excluding steroid dienone is 6. The van der Waals surface area contributed by atoms with Crippen molar-refractivity contribution in [1.82, 2.24) is 5.32 Å². The van der Waals surface area contributed by atoms with Gasteiger partial charge in [-0.1, -0.05) is 384 Å². The van der Waals surface area contributed by atoms with Crippen molar-refractivity contribution in [1.29, 1.82) is 0 Å². The SMILES string of the molecule is CCCCCCCCC/C=C\CCCCCCCC(=O)OCCCCCCCCCCCCCCC/C=C\C/C=C\CCCCCCCCCCCCCCCCCCCC(=O)NC(CO)C(O)CCCCCCCCCCCCCCCCCCC. The summed E-state index contributed by atoms with van der Waals surface area (Å²) in [5.41, 5.74) is 0. The Morgan fingerprint density at radius 2 is 0.575 bits per heavy atom. The number of rotatable bonds is 75. The zero-order valence-corrected chi connectivity index (χ0v) is 59.0. The minimum Gasteiger partial charge on any atom is -0.466 e. The Balaban J connectivity index is 3.36. The van der Waals surface area contributed by atoms with Crippen LogP contribution < -0.4 is 5.32 Å². The van der Waals surface area contributed by atoms with Gasteiger partial charge in [0, 0.05) is 12.8 Å². The maximum atomic E-state index is 12.5. The minimum atomic E-state index is -0.663. The van der Waals surface area contributed by atoms with Crippen molar-refractivity contribution >= 4 is 11.9 Å². The van der Waals surface area contributed by atoms with E-state index in [-0.39, 0.29) is 18.5 Å². The van der Waals surface area contributed by atoms with Crippen LogP contribution in [0.3, 0.4) is 0 Å². The van der Waals surface area contributed by atoms with E-state index in [4.69, 9.17) is 4.74 Å². The van der Waals surface area contributed by atoms with Gasteiger partial charge < -0.3 is 20.3 Å². The highest BCUT2D eigenvalue weighted by atomic mass is 16.5. The van der Waals surface area contributed by atoms with Crippen molar-refractivity contribution in [3.8, 4) is 0 Å². The number of esters is 1. The van der Waals surface area contributed by atoms with Crippen LogP contribution in [0.15, 0.2) is 36.5 Å². The highest BCUT2D eigenvalue weighted by Gasteiger charge is 2.20. The Morgan fingerprint density at radius 3 is 0.885 bits per heavy atom. The highest BCUT2D eigenvalue weighted by Crippen LogP contribution is 2.20. The Labute approximate surface area is 544 Å². The number of nitrogens with one attached hydrogen (secondary N) is 1. The van der Waals surface area contributed by atoms with Crippen molar-refractivity contribution in [3.05, 3.63) is 36.5 Å². The van der Waals surface area contributed by atoms with E-state index in [0.717, 1.165) is 51.4 Å². The van der Waals surface area contributed by atoms with Gasteiger partial charge in [0.25, 0.3) is 0 Å². The van der Waals surface area contributed by atoms with Crippen molar-refractivity contribution in [2.75, 3.05) is 13.2 Å². The van der Waals surface area contributed by atoms with Gasteiger partial charge in [0.15, 0.2) is 0 Å². The number of unbranched alkanes of at least 4 members (excludes halogenated alkanes) is 58. The van der Waals surface area contributed by atoms with Crippen LogP contribution in [0.4, 0.5) is 0 Å². The molecule has 6 nitrogen and oxygen atoms in total. The first kappa shape index (κ1) is 85.1. The van der Waals surface area contributed by atoms with Gasteiger partial charge in [0.05, 0.1) is 25.4 Å². The summed E-state index contributed by atoms with van der Waals surface area (Å²) in [6, 6.07) is -0.540. The van der Waals surface area contributed by atoms with Gasteiger partial charge in [-0.2, -0.15) is 0 Å². The monoisotopic (exact) mass is 1220 g/mol. The average Bonchev–Trinajstić information content (AvgIpc) is 3.53. The van der Waals surface area contributed by atoms with Crippen LogP contribution >= 0.6 is 0 Å². The molecular formula is C81H155NO5. The Bertz CT molecular complexity index is 1410. The number of carbonyl (C=O) groups is 2. The molecule has 0 radical (unpaired) electrons. The molecule has 0 fully saturated rings. The molecule has 0 saturated carbocycles. The lowest BCUT2D eigenvalue weighted by Gasteiger charge is -2.22. The molecule has 514 valence electrons. The van der Waals surface area contributed by atoms with Crippen molar-refractivity contribution in [3.63, 3.8) is 0 Å². The van der Waals surface area contributed by atoms with Crippen LogP contribution in [0, 0.1) is 0 Å². The number of carbonyl (C=O) groups excluding carboxylic acids is 2. The fourth-order valence-corrected chi connectivity index (χ4v) is 12.6. The molecular weight excluding hydrogens is 1070 g/mol. The molecule has 0 saturated heterocycles. The summed E-state index contributed by atoms with van der Waals surface area (Å²) in [6.45, 7) is 4.99. The molecule has 0 aliphatic rings. The maximum Gasteiger partial charge on any atom is 0.305 e. The Morgan fingerprint density at radius 1 is 0.322 bits per heavy atom. The van der Waals surface area contributed by atoms with Gasteiger partial charge in [-0.05, 0) is 83.5 Å². The minimum absolute atomic E-state index is 0.0120. The first-order valence-corrected chi connectivity index (χ1v) is 39.7. The Hall–Kier alpha value is -1.92. The molecule has 3 N–H and O–H groups in total. The predicted octanol–water partition coefficient (Wildman–Crippen LogP) is 26.2. The fraction of sp³-hybridized carbons (Fsp3) is 0.901. The molecule has 0 aliphatic heterocycles. The van der Waals surface area contributed by atoms with E-state index in [0.29, 0.717) is 25.9 Å². The van der Waals surface area contributed by atoms with Crippen LogP contribution in [-0.2, 0) is 14.3 Å². The molecule has 0 aromatic heterocycles. The summed E-state index contributed by atoms with van der Waals surface area (Å²) >= 11 is 0. The average molecular weight is 1220 g/mol. The summed E-state index contributed by atoms with van der Waals surface area (Å²) < 4.78 is 5.50. The first-order chi connectivity index (χ1) is 43.0.